The molecule has 18 heavy (non-hydrogen) atoms. The van der Waals surface area contributed by atoms with Gasteiger partial charge in [-0.05, 0) is 53.8 Å². The Labute approximate surface area is 104 Å². The van der Waals surface area contributed by atoms with E-state index in [0.717, 1.165) is 22.4 Å². The van der Waals surface area contributed by atoms with E-state index in [0.29, 0.717) is 11.5 Å². The van der Waals surface area contributed by atoms with Crippen molar-refractivity contribution in [2.75, 3.05) is 7.11 Å². The summed E-state index contributed by atoms with van der Waals surface area (Å²) in [6.07, 6.45) is 0. The first-order valence-corrected chi connectivity index (χ1v) is 5.42. The molecule has 0 aliphatic heterocycles. The number of azide groups is 1. The highest BCUT2D eigenvalue weighted by molar-refractivity contribution is 5.70. The lowest BCUT2D eigenvalue weighted by Crippen LogP contribution is -1.91. The van der Waals surface area contributed by atoms with Crippen molar-refractivity contribution in [3.63, 3.8) is 0 Å². The van der Waals surface area contributed by atoms with E-state index >= 15 is 0 Å². The maximum Gasteiger partial charge on any atom is 0.128 e. The predicted molar refractivity (Wildman–Crippen MR) is 68.9 cm³/mol. The number of nitrogens with one attached hydrogen (secondary N) is 1. The van der Waals surface area contributed by atoms with Crippen molar-refractivity contribution in [2.24, 2.45) is 5.11 Å². The number of methoxy groups -OCH3 is 1. The first-order chi connectivity index (χ1) is 8.65. The summed E-state index contributed by atoms with van der Waals surface area (Å²) < 4.78 is 5.35. The molecule has 0 radical (unpaired) electrons. The summed E-state index contributed by atoms with van der Waals surface area (Å²) in [5.41, 5.74) is 12.2. The number of nitrogens with zero attached hydrogens (tertiary/aromatic N) is 4. The minimum absolute atomic E-state index is 0.382. The number of hydrogen-bond donors (Lipinski definition) is 1. The third kappa shape index (κ3) is 2.14. The number of hydrogen-bond acceptors (Lipinski definition) is 3. The van der Waals surface area contributed by atoms with Gasteiger partial charge >= 0.3 is 0 Å². The van der Waals surface area contributed by atoms with E-state index in [9.17, 15) is 0 Å². The van der Waals surface area contributed by atoms with Gasteiger partial charge in [-0.1, -0.05) is 0 Å². The Morgan fingerprint density at radius 3 is 2.67 bits per heavy atom. The zero-order valence-corrected chi connectivity index (χ0v) is 10.4. The largest absolute Gasteiger partial charge is 0.496 e. The van der Waals surface area contributed by atoms with Crippen LogP contribution in [0.5, 0.6) is 5.75 Å². The highest BCUT2D eigenvalue weighted by atomic mass is 16.5. The molecular formula is C12H13N5O. The molecule has 0 bridgehead atoms. The lowest BCUT2D eigenvalue weighted by molar-refractivity contribution is 0.416. The highest BCUT2D eigenvalue weighted by Gasteiger charge is 2.11. The van der Waals surface area contributed by atoms with Crippen LogP contribution in [0, 0.1) is 13.8 Å². The lowest BCUT2D eigenvalue weighted by Gasteiger charge is -2.09. The topological polar surface area (TPSA) is 86.7 Å². The maximum atomic E-state index is 8.37. The molecule has 0 atom stereocenters. The molecule has 2 aromatic rings. The maximum absolute atomic E-state index is 8.37. The van der Waals surface area contributed by atoms with E-state index in [1.807, 2.05) is 26.0 Å². The van der Waals surface area contributed by atoms with Crippen molar-refractivity contribution >= 4 is 5.82 Å². The van der Waals surface area contributed by atoms with Crippen LogP contribution in [0.2, 0.25) is 0 Å². The number of benzene rings is 1. The van der Waals surface area contributed by atoms with Crippen LogP contribution in [0.3, 0.4) is 0 Å². The summed E-state index contributed by atoms with van der Waals surface area (Å²) in [5, 5.41) is 10.2. The molecule has 0 amide bonds. The average Bonchev–Trinajstić information content (AvgIpc) is 2.81. The summed E-state index contributed by atoms with van der Waals surface area (Å²) in [7, 11) is 1.62. The van der Waals surface area contributed by atoms with Crippen molar-refractivity contribution in [3.05, 3.63) is 39.8 Å². The minimum atomic E-state index is 0.382. The Morgan fingerprint density at radius 2 is 2.00 bits per heavy atom. The van der Waals surface area contributed by atoms with Crippen molar-refractivity contribution in [2.45, 2.75) is 13.8 Å². The van der Waals surface area contributed by atoms with Gasteiger partial charge in [-0.3, -0.25) is 5.10 Å². The molecule has 6 heteroatoms. The van der Waals surface area contributed by atoms with Crippen molar-refractivity contribution < 1.29 is 4.74 Å². The zero-order valence-electron chi connectivity index (χ0n) is 10.4. The monoisotopic (exact) mass is 243 g/mol. The summed E-state index contributed by atoms with van der Waals surface area (Å²) >= 11 is 0. The minimum Gasteiger partial charge on any atom is -0.496 e. The third-order valence-corrected chi connectivity index (χ3v) is 2.81. The molecule has 1 aromatic carbocycles. The number of ether oxygens (including phenoxy) is 1. The van der Waals surface area contributed by atoms with Crippen LogP contribution in [0.15, 0.2) is 23.3 Å². The van der Waals surface area contributed by atoms with Crippen LogP contribution in [-0.2, 0) is 0 Å². The molecule has 6 nitrogen and oxygen atoms in total. The van der Waals surface area contributed by atoms with E-state index in [4.69, 9.17) is 10.3 Å². The molecule has 0 spiro atoms. The third-order valence-electron chi connectivity index (χ3n) is 2.81. The summed E-state index contributed by atoms with van der Waals surface area (Å²) in [5.74, 6) is 1.13. The van der Waals surface area contributed by atoms with Gasteiger partial charge in [-0.15, -0.1) is 0 Å². The summed E-state index contributed by atoms with van der Waals surface area (Å²) in [6, 6.07) is 5.66. The fraction of sp³-hybridized carbons (Fsp3) is 0.250. The van der Waals surface area contributed by atoms with Crippen LogP contribution < -0.4 is 4.74 Å². The van der Waals surface area contributed by atoms with Gasteiger partial charge < -0.3 is 4.74 Å². The normalized spacial score (nSPS) is 9.94. The van der Waals surface area contributed by atoms with Gasteiger partial charge in [0.1, 0.15) is 11.6 Å². The molecule has 0 fully saturated rings. The van der Waals surface area contributed by atoms with Crippen molar-refractivity contribution in [1.82, 2.24) is 10.2 Å². The Balaban J connectivity index is 2.54. The molecule has 0 aliphatic carbocycles. The Morgan fingerprint density at radius 1 is 1.28 bits per heavy atom. The predicted octanol–water partition coefficient (Wildman–Crippen LogP) is 3.64. The molecule has 2 rings (SSSR count). The number of aromatic nitrogens is 2. The van der Waals surface area contributed by atoms with Gasteiger partial charge in [0.25, 0.3) is 0 Å². The fourth-order valence-electron chi connectivity index (χ4n) is 1.71. The molecule has 92 valence electrons. The van der Waals surface area contributed by atoms with Gasteiger partial charge in [0.15, 0.2) is 0 Å². The Hall–Kier alpha value is -2.46. The molecule has 0 unspecified atom stereocenters. The Kier molecular flexibility index (Phi) is 3.21. The molecule has 0 saturated heterocycles. The van der Waals surface area contributed by atoms with Gasteiger partial charge in [-0.2, -0.15) is 5.10 Å². The summed E-state index contributed by atoms with van der Waals surface area (Å²) in [4.78, 5) is 2.71. The number of aromatic amines is 1. The smallest absolute Gasteiger partial charge is 0.128 e. The molecule has 1 heterocycles. The Bertz CT molecular complexity index is 625. The molecular weight excluding hydrogens is 230 g/mol. The lowest BCUT2D eigenvalue weighted by atomic mass is 10.0. The van der Waals surface area contributed by atoms with Crippen molar-refractivity contribution in [1.29, 1.82) is 0 Å². The number of H-pyrrole nitrogens is 1. The average molecular weight is 243 g/mol. The van der Waals surface area contributed by atoms with Gasteiger partial charge in [-0.25, -0.2) is 0 Å². The van der Waals surface area contributed by atoms with Gasteiger partial charge in [0, 0.05) is 10.5 Å². The van der Waals surface area contributed by atoms with Crippen LogP contribution in [0.4, 0.5) is 5.82 Å². The van der Waals surface area contributed by atoms with Crippen molar-refractivity contribution in [3.8, 4) is 17.0 Å². The van der Waals surface area contributed by atoms with Crippen LogP contribution in [0.1, 0.15) is 11.1 Å². The van der Waals surface area contributed by atoms with E-state index in [-0.39, 0.29) is 0 Å². The van der Waals surface area contributed by atoms with E-state index < -0.39 is 0 Å². The van der Waals surface area contributed by atoms with E-state index in [2.05, 4.69) is 20.2 Å². The van der Waals surface area contributed by atoms with E-state index in [1.165, 1.54) is 0 Å². The molecule has 0 aliphatic rings. The molecule has 0 saturated carbocycles. The van der Waals surface area contributed by atoms with Gasteiger partial charge in [0.2, 0.25) is 0 Å². The SMILES string of the molecule is COc1cc(C)c(C)cc1-c1cc(N=[N+]=[N-])[nH]n1. The second-order valence-electron chi connectivity index (χ2n) is 3.96. The molecule has 1 aromatic heterocycles. The van der Waals surface area contributed by atoms with Gasteiger partial charge in [0.05, 0.1) is 12.8 Å². The highest BCUT2D eigenvalue weighted by Crippen LogP contribution is 2.32. The molecule has 1 N–H and O–H groups in total. The number of rotatable bonds is 3. The fourth-order valence-corrected chi connectivity index (χ4v) is 1.71. The van der Waals surface area contributed by atoms with Crippen LogP contribution in [-0.4, -0.2) is 17.3 Å². The summed E-state index contributed by atoms with van der Waals surface area (Å²) in [6.45, 7) is 4.05. The first-order valence-electron chi connectivity index (χ1n) is 5.42. The second-order valence-corrected chi connectivity index (χ2v) is 3.96. The first kappa shape index (κ1) is 12.0. The zero-order chi connectivity index (χ0) is 13.1. The standard InChI is InChI=1S/C12H13N5O/c1-7-4-9(11(18-3)5-8(7)2)10-6-12(15-14-10)16-17-13/h4-6H,1-3H3,(H,14,15). The van der Waals surface area contributed by atoms with Crippen LogP contribution >= 0.6 is 0 Å². The van der Waals surface area contributed by atoms with E-state index in [1.54, 1.807) is 13.2 Å². The van der Waals surface area contributed by atoms with Crippen LogP contribution in [0.25, 0.3) is 21.7 Å². The quantitative estimate of drug-likeness (QED) is 0.506. The second kappa shape index (κ2) is 4.81. The number of aryl methyl sites for hydroxylation is 2.